The Morgan fingerprint density at radius 1 is 0.958 bits per heavy atom. The smallest absolute Gasteiger partial charge is 0.152 e. The lowest BCUT2D eigenvalue weighted by molar-refractivity contribution is 0.578. The molecule has 0 aliphatic rings. The standard InChI is InChI=1S/C19H19FN4/c1-13-3-5-14(6-4-13)17(21)18(19-22-11-2-12-23-19)24-16-9-7-15(20)8-10-16/h2-12,17-18,24H,21H2,1H3. The van der Waals surface area contributed by atoms with E-state index < -0.39 is 0 Å². The van der Waals surface area contributed by atoms with Gasteiger partial charge in [-0.1, -0.05) is 29.8 Å². The van der Waals surface area contributed by atoms with Gasteiger partial charge in [-0.15, -0.1) is 0 Å². The van der Waals surface area contributed by atoms with Crippen LogP contribution in [0.15, 0.2) is 67.0 Å². The molecule has 1 heterocycles. The second-order valence-corrected chi connectivity index (χ2v) is 5.67. The van der Waals surface area contributed by atoms with Crippen LogP contribution in [0.4, 0.5) is 10.1 Å². The minimum absolute atomic E-state index is 0.282. The van der Waals surface area contributed by atoms with E-state index in [-0.39, 0.29) is 17.9 Å². The highest BCUT2D eigenvalue weighted by Crippen LogP contribution is 2.28. The zero-order valence-electron chi connectivity index (χ0n) is 13.4. The Morgan fingerprint density at radius 2 is 1.58 bits per heavy atom. The molecule has 0 aliphatic heterocycles. The van der Waals surface area contributed by atoms with Crippen molar-refractivity contribution in [1.82, 2.24) is 9.97 Å². The first kappa shape index (κ1) is 16.1. The molecule has 3 aromatic rings. The van der Waals surface area contributed by atoms with E-state index in [4.69, 9.17) is 5.73 Å². The molecule has 2 aromatic carbocycles. The van der Waals surface area contributed by atoms with E-state index >= 15 is 0 Å². The second-order valence-electron chi connectivity index (χ2n) is 5.67. The van der Waals surface area contributed by atoms with Crippen LogP contribution in [0.25, 0.3) is 0 Å². The molecule has 0 radical (unpaired) electrons. The Hall–Kier alpha value is -2.79. The molecule has 2 unspecified atom stereocenters. The van der Waals surface area contributed by atoms with Gasteiger partial charge in [-0.3, -0.25) is 0 Å². The van der Waals surface area contributed by atoms with Gasteiger partial charge in [-0.2, -0.15) is 0 Å². The van der Waals surface area contributed by atoms with Crippen LogP contribution in [0.1, 0.15) is 29.0 Å². The molecule has 5 heteroatoms. The van der Waals surface area contributed by atoms with Crippen LogP contribution < -0.4 is 11.1 Å². The first-order valence-corrected chi connectivity index (χ1v) is 7.74. The summed E-state index contributed by atoms with van der Waals surface area (Å²) >= 11 is 0. The van der Waals surface area contributed by atoms with Crippen molar-refractivity contribution in [2.75, 3.05) is 5.32 Å². The molecule has 0 amide bonds. The number of halogens is 1. The number of anilines is 1. The quantitative estimate of drug-likeness (QED) is 0.750. The van der Waals surface area contributed by atoms with E-state index in [1.807, 2.05) is 31.2 Å². The third-order valence-electron chi connectivity index (χ3n) is 3.85. The fraction of sp³-hybridized carbons (Fsp3) is 0.158. The number of rotatable bonds is 5. The number of nitrogens with one attached hydrogen (secondary N) is 1. The van der Waals surface area contributed by atoms with Crippen molar-refractivity contribution in [2.45, 2.75) is 19.0 Å². The summed E-state index contributed by atoms with van der Waals surface area (Å²) in [5.74, 6) is 0.311. The SMILES string of the molecule is Cc1ccc(C(N)C(Nc2ccc(F)cc2)c2ncccn2)cc1. The van der Waals surface area contributed by atoms with Gasteiger partial charge in [-0.25, -0.2) is 14.4 Å². The van der Waals surface area contributed by atoms with E-state index in [1.165, 1.54) is 17.7 Å². The highest BCUT2D eigenvalue weighted by Gasteiger charge is 2.23. The lowest BCUT2D eigenvalue weighted by Crippen LogP contribution is -2.27. The minimum Gasteiger partial charge on any atom is -0.374 e. The van der Waals surface area contributed by atoms with Crippen LogP contribution >= 0.6 is 0 Å². The van der Waals surface area contributed by atoms with Crippen LogP contribution in [-0.2, 0) is 0 Å². The molecule has 3 rings (SSSR count). The molecule has 2 atom stereocenters. The summed E-state index contributed by atoms with van der Waals surface area (Å²) in [5, 5.41) is 3.32. The highest BCUT2D eigenvalue weighted by atomic mass is 19.1. The normalized spacial score (nSPS) is 13.3. The molecular formula is C19H19FN4. The molecule has 0 fully saturated rings. The van der Waals surface area contributed by atoms with Gasteiger partial charge in [0, 0.05) is 18.1 Å². The highest BCUT2D eigenvalue weighted by molar-refractivity contribution is 5.45. The average Bonchev–Trinajstić information content (AvgIpc) is 2.62. The van der Waals surface area contributed by atoms with Gasteiger partial charge in [0.1, 0.15) is 11.9 Å². The van der Waals surface area contributed by atoms with Crippen LogP contribution in [0.2, 0.25) is 0 Å². The zero-order chi connectivity index (χ0) is 16.9. The van der Waals surface area contributed by atoms with Crippen LogP contribution in [-0.4, -0.2) is 9.97 Å². The molecular weight excluding hydrogens is 303 g/mol. The molecule has 0 spiro atoms. The molecule has 0 saturated carbocycles. The predicted octanol–water partition coefficient (Wildman–Crippen LogP) is 3.78. The van der Waals surface area contributed by atoms with E-state index in [9.17, 15) is 4.39 Å². The van der Waals surface area contributed by atoms with E-state index in [1.54, 1.807) is 30.6 Å². The van der Waals surface area contributed by atoms with Gasteiger partial charge in [-0.05, 0) is 42.8 Å². The van der Waals surface area contributed by atoms with Crippen molar-refractivity contribution in [3.63, 3.8) is 0 Å². The van der Waals surface area contributed by atoms with Gasteiger partial charge in [0.15, 0.2) is 5.82 Å². The van der Waals surface area contributed by atoms with E-state index in [0.29, 0.717) is 5.82 Å². The minimum atomic E-state index is -0.349. The van der Waals surface area contributed by atoms with Crippen molar-refractivity contribution in [3.8, 4) is 0 Å². The lowest BCUT2D eigenvalue weighted by Gasteiger charge is -2.25. The van der Waals surface area contributed by atoms with Gasteiger partial charge < -0.3 is 11.1 Å². The monoisotopic (exact) mass is 322 g/mol. The summed E-state index contributed by atoms with van der Waals surface area (Å²) in [6.07, 6.45) is 3.37. The van der Waals surface area contributed by atoms with Gasteiger partial charge >= 0.3 is 0 Å². The summed E-state index contributed by atoms with van der Waals surface area (Å²) in [6.45, 7) is 2.03. The average molecular weight is 322 g/mol. The second kappa shape index (κ2) is 7.19. The maximum Gasteiger partial charge on any atom is 0.152 e. The Kier molecular flexibility index (Phi) is 4.82. The lowest BCUT2D eigenvalue weighted by atomic mass is 9.98. The van der Waals surface area contributed by atoms with Crippen molar-refractivity contribution < 1.29 is 4.39 Å². The Bertz CT molecular complexity index is 773. The van der Waals surface area contributed by atoms with Crippen molar-refractivity contribution in [1.29, 1.82) is 0 Å². The molecule has 1 aromatic heterocycles. The van der Waals surface area contributed by atoms with Crippen LogP contribution in [0.3, 0.4) is 0 Å². The first-order chi connectivity index (χ1) is 11.6. The topological polar surface area (TPSA) is 63.8 Å². The Morgan fingerprint density at radius 3 is 2.21 bits per heavy atom. The third kappa shape index (κ3) is 3.75. The number of hydrogen-bond acceptors (Lipinski definition) is 4. The van der Waals surface area contributed by atoms with Crippen LogP contribution in [0, 0.1) is 12.7 Å². The number of benzene rings is 2. The molecule has 122 valence electrons. The first-order valence-electron chi connectivity index (χ1n) is 7.74. The molecule has 0 aliphatic carbocycles. The molecule has 3 N–H and O–H groups in total. The summed E-state index contributed by atoms with van der Waals surface area (Å²) in [4.78, 5) is 8.66. The predicted molar refractivity (Wildman–Crippen MR) is 92.9 cm³/mol. The van der Waals surface area contributed by atoms with Crippen molar-refractivity contribution in [3.05, 3.63) is 89.8 Å². The van der Waals surface area contributed by atoms with Crippen LogP contribution in [0.5, 0.6) is 0 Å². The van der Waals surface area contributed by atoms with Crippen molar-refractivity contribution >= 4 is 5.69 Å². The van der Waals surface area contributed by atoms with Crippen molar-refractivity contribution in [2.24, 2.45) is 5.73 Å². The molecule has 4 nitrogen and oxygen atoms in total. The number of nitrogens with two attached hydrogens (primary N) is 1. The third-order valence-corrected chi connectivity index (χ3v) is 3.85. The largest absolute Gasteiger partial charge is 0.374 e. The molecule has 0 saturated heterocycles. The molecule has 24 heavy (non-hydrogen) atoms. The van der Waals surface area contributed by atoms with Gasteiger partial charge in [0.2, 0.25) is 0 Å². The van der Waals surface area contributed by atoms with E-state index in [2.05, 4.69) is 15.3 Å². The molecule has 0 bridgehead atoms. The number of nitrogens with zero attached hydrogens (tertiary/aromatic N) is 2. The summed E-state index contributed by atoms with van der Waals surface area (Å²) in [5.41, 5.74) is 9.39. The fourth-order valence-electron chi connectivity index (χ4n) is 2.49. The zero-order valence-corrected chi connectivity index (χ0v) is 13.4. The Balaban J connectivity index is 1.92. The number of hydrogen-bond donors (Lipinski definition) is 2. The van der Waals surface area contributed by atoms with Gasteiger partial charge in [0.05, 0.1) is 6.04 Å². The van der Waals surface area contributed by atoms with E-state index in [0.717, 1.165) is 11.3 Å². The summed E-state index contributed by atoms with van der Waals surface area (Å²) in [7, 11) is 0. The maximum absolute atomic E-state index is 13.1. The number of aryl methyl sites for hydroxylation is 1. The Labute approximate surface area is 140 Å². The summed E-state index contributed by atoms with van der Waals surface area (Å²) < 4.78 is 13.1. The summed E-state index contributed by atoms with van der Waals surface area (Å²) in [6, 6.07) is 15.3. The fourth-order valence-corrected chi connectivity index (χ4v) is 2.49. The number of aromatic nitrogens is 2. The maximum atomic E-state index is 13.1. The van der Waals surface area contributed by atoms with Gasteiger partial charge in [0.25, 0.3) is 0 Å².